The summed E-state index contributed by atoms with van der Waals surface area (Å²) < 4.78 is 24.0. The fourth-order valence-electron chi connectivity index (χ4n) is 3.90. The Bertz CT molecular complexity index is 926. The molecule has 2 N–H and O–H groups in total. The molecule has 2 aromatic rings. The molecule has 1 saturated heterocycles. The first-order chi connectivity index (χ1) is 13.9. The van der Waals surface area contributed by atoms with E-state index in [1.54, 1.807) is 17.5 Å². The number of hydrogen-bond donors (Lipinski definition) is 2. The zero-order chi connectivity index (χ0) is 20.6. The van der Waals surface area contributed by atoms with Gasteiger partial charge in [-0.15, -0.1) is 0 Å². The number of cyclic esters (lactones) is 1. The van der Waals surface area contributed by atoms with Gasteiger partial charge in [0.05, 0.1) is 23.6 Å². The number of amides is 1. The highest BCUT2D eigenvalue weighted by atomic mass is 32.1. The molecular formula is C20H22FN3O4S. The number of ether oxygens (including phenoxy) is 1. The van der Waals surface area contributed by atoms with Crippen LogP contribution in [0.25, 0.3) is 0 Å². The van der Waals surface area contributed by atoms with E-state index in [0.29, 0.717) is 30.9 Å². The fourth-order valence-corrected chi connectivity index (χ4v) is 4.37. The Labute approximate surface area is 171 Å². The number of halogens is 1. The number of aromatic nitrogens is 1. The average Bonchev–Trinajstić information content (AvgIpc) is 3.34. The van der Waals surface area contributed by atoms with E-state index in [1.807, 2.05) is 11.8 Å². The number of aliphatic hydroxyl groups excluding tert-OH is 1. The SMILES string of the molecule is Cc1c(C(O)CN2CCC(F)(C(=O)Nc3cnsc3)CC2)ccc2c1COC2=O. The molecule has 2 aliphatic heterocycles. The van der Waals surface area contributed by atoms with Crippen molar-refractivity contribution in [3.05, 3.63) is 46.0 Å². The van der Waals surface area contributed by atoms with Gasteiger partial charge in [0, 0.05) is 43.4 Å². The summed E-state index contributed by atoms with van der Waals surface area (Å²) in [4.78, 5) is 25.9. The lowest BCUT2D eigenvalue weighted by Gasteiger charge is -2.36. The first-order valence-electron chi connectivity index (χ1n) is 9.47. The van der Waals surface area contributed by atoms with E-state index >= 15 is 4.39 Å². The summed E-state index contributed by atoms with van der Waals surface area (Å²) in [6.45, 7) is 3.17. The van der Waals surface area contributed by atoms with Gasteiger partial charge in [-0.05, 0) is 35.6 Å². The monoisotopic (exact) mass is 419 g/mol. The third-order valence-electron chi connectivity index (χ3n) is 5.74. The molecule has 2 aliphatic rings. The fraction of sp³-hybridized carbons (Fsp3) is 0.450. The van der Waals surface area contributed by atoms with Crippen molar-refractivity contribution in [2.45, 2.75) is 38.1 Å². The maximum atomic E-state index is 15.1. The van der Waals surface area contributed by atoms with Gasteiger partial charge in [-0.25, -0.2) is 9.18 Å². The third-order valence-corrected chi connectivity index (χ3v) is 6.33. The molecule has 0 radical (unpaired) electrons. The number of carbonyl (C=O) groups excluding carboxylic acids is 2. The molecule has 0 spiro atoms. The molecule has 3 heterocycles. The topological polar surface area (TPSA) is 91.8 Å². The van der Waals surface area contributed by atoms with Crippen LogP contribution in [0.1, 0.15) is 46.0 Å². The van der Waals surface area contributed by atoms with Crippen LogP contribution in [-0.4, -0.2) is 51.6 Å². The minimum absolute atomic E-state index is 0.0641. The largest absolute Gasteiger partial charge is 0.457 e. The van der Waals surface area contributed by atoms with Crippen LogP contribution in [0.5, 0.6) is 0 Å². The van der Waals surface area contributed by atoms with Crippen molar-refractivity contribution in [2.24, 2.45) is 0 Å². The van der Waals surface area contributed by atoms with Crippen LogP contribution in [0.3, 0.4) is 0 Å². The standard InChI is InChI=1S/C20H22FN3O4S/c1-12-14(2-3-15-16(12)10-28-18(15)26)17(25)9-24-6-4-20(21,5-7-24)19(27)23-13-8-22-29-11-13/h2-3,8,11,17,25H,4-7,9-10H2,1H3,(H,23,27). The van der Waals surface area contributed by atoms with E-state index in [-0.39, 0.29) is 25.4 Å². The minimum atomic E-state index is -1.93. The van der Waals surface area contributed by atoms with E-state index in [2.05, 4.69) is 9.69 Å². The lowest BCUT2D eigenvalue weighted by Crippen LogP contribution is -2.49. The molecular weight excluding hydrogens is 397 g/mol. The van der Waals surface area contributed by atoms with Gasteiger partial charge in [0.1, 0.15) is 6.61 Å². The summed E-state index contributed by atoms with van der Waals surface area (Å²) in [7, 11) is 0. The Hall–Kier alpha value is -2.36. The molecule has 4 rings (SSSR count). The summed E-state index contributed by atoms with van der Waals surface area (Å²) >= 11 is 1.19. The van der Waals surface area contributed by atoms with Gasteiger partial charge in [-0.1, -0.05) is 6.07 Å². The average molecular weight is 419 g/mol. The van der Waals surface area contributed by atoms with E-state index in [1.165, 1.54) is 17.7 Å². The van der Waals surface area contributed by atoms with Crippen molar-refractivity contribution in [3.8, 4) is 0 Å². The van der Waals surface area contributed by atoms with Gasteiger partial charge in [0.25, 0.3) is 5.91 Å². The zero-order valence-electron chi connectivity index (χ0n) is 16.0. The summed E-state index contributed by atoms with van der Waals surface area (Å²) in [5.74, 6) is -0.979. The molecule has 1 unspecified atom stereocenters. The van der Waals surface area contributed by atoms with E-state index in [0.717, 1.165) is 16.7 Å². The maximum absolute atomic E-state index is 15.1. The molecule has 154 valence electrons. The number of anilines is 1. The van der Waals surface area contributed by atoms with Gasteiger partial charge in [0.15, 0.2) is 5.67 Å². The molecule has 7 nitrogen and oxygen atoms in total. The number of esters is 1. The van der Waals surface area contributed by atoms with Crippen molar-refractivity contribution in [2.75, 3.05) is 25.0 Å². The van der Waals surface area contributed by atoms with Crippen molar-refractivity contribution in [1.29, 1.82) is 0 Å². The Morgan fingerprint density at radius 1 is 1.45 bits per heavy atom. The van der Waals surface area contributed by atoms with Crippen molar-refractivity contribution >= 4 is 29.1 Å². The number of benzene rings is 1. The first kappa shape index (κ1) is 19.9. The van der Waals surface area contributed by atoms with Crippen molar-refractivity contribution < 1.29 is 23.8 Å². The number of piperidine rings is 1. The Balaban J connectivity index is 1.36. The normalized spacial score (nSPS) is 19.5. The summed E-state index contributed by atoms with van der Waals surface area (Å²) in [5, 5.41) is 14.9. The number of nitrogens with one attached hydrogen (secondary N) is 1. The number of likely N-dealkylation sites (tertiary alicyclic amines) is 1. The Kier molecular flexibility index (Phi) is 5.37. The van der Waals surface area contributed by atoms with Crippen molar-refractivity contribution in [1.82, 2.24) is 9.27 Å². The van der Waals surface area contributed by atoms with Gasteiger partial charge in [-0.2, -0.15) is 4.37 Å². The molecule has 9 heteroatoms. The van der Waals surface area contributed by atoms with Crippen LogP contribution < -0.4 is 5.32 Å². The van der Waals surface area contributed by atoms with E-state index in [9.17, 15) is 14.7 Å². The Morgan fingerprint density at radius 3 is 2.90 bits per heavy atom. The zero-order valence-corrected chi connectivity index (χ0v) is 16.8. The highest BCUT2D eigenvalue weighted by molar-refractivity contribution is 7.04. The number of aliphatic hydroxyl groups is 1. The highest BCUT2D eigenvalue weighted by Gasteiger charge is 2.42. The summed E-state index contributed by atoms with van der Waals surface area (Å²) in [5.41, 5.74) is 1.52. The first-order valence-corrected chi connectivity index (χ1v) is 10.3. The van der Waals surface area contributed by atoms with E-state index in [4.69, 9.17) is 4.74 Å². The van der Waals surface area contributed by atoms with Crippen molar-refractivity contribution in [3.63, 3.8) is 0 Å². The molecule has 29 heavy (non-hydrogen) atoms. The Morgan fingerprint density at radius 2 is 2.21 bits per heavy atom. The molecule has 1 aromatic carbocycles. The predicted octanol–water partition coefficient (Wildman–Crippen LogP) is 2.60. The van der Waals surface area contributed by atoms with Gasteiger partial charge in [0.2, 0.25) is 0 Å². The molecule has 0 saturated carbocycles. The second kappa shape index (κ2) is 7.81. The number of rotatable bonds is 5. The molecule has 0 bridgehead atoms. The number of nitrogens with zero attached hydrogens (tertiary/aromatic N) is 2. The van der Waals surface area contributed by atoms with Crippen LogP contribution >= 0.6 is 11.5 Å². The van der Waals surface area contributed by atoms with E-state index < -0.39 is 17.7 Å². The number of alkyl halides is 1. The van der Waals surface area contributed by atoms with Crippen LogP contribution in [-0.2, 0) is 16.1 Å². The summed E-state index contributed by atoms with van der Waals surface area (Å²) in [6.07, 6.45) is 0.854. The quantitative estimate of drug-likeness (QED) is 0.724. The molecule has 0 aliphatic carbocycles. The summed E-state index contributed by atoms with van der Waals surface area (Å²) in [6, 6.07) is 3.43. The van der Waals surface area contributed by atoms with Crippen LogP contribution in [0.4, 0.5) is 10.1 Å². The molecule has 1 amide bonds. The lowest BCUT2D eigenvalue weighted by molar-refractivity contribution is -0.130. The number of carbonyl (C=O) groups is 2. The van der Waals surface area contributed by atoms with Gasteiger partial charge in [-0.3, -0.25) is 4.79 Å². The second-order valence-electron chi connectivity index (χ2n) is 7.53. The van der Waals surface area contributed by atoms with Crippen LogP contribution in [0.15, 0.2) is 23.7 Å². The third kappa shape index (κ3) is 3.90. The van der Waals surface area contributed by atoms with Crippen LogP contribution in [0.2, 0.25) is 0 Å². The predicted molar refractivity (Wildman–Crippen MR) is 106 cm³/mol. The molecule has 1 atom stereocenters. The van der Waals surface area contributed by atoms with Gasteiger partial charge >= 0.3 is 5.97 Å². The second-order valence-corrected chi connectivity index (χ2v) is 8.19. The number of hydrogen-bond acceptors (Lipinski definition) is 7. The highest BCUT2D eigenvalue weighted by Crippen LogP contribution is 2.32. The van der Waals surface area contributed by atoms with Gasteiger partial charge < -0.3 is 20.1 Å². The van der Waals surface area contributed by atoms with Crippen LogP contribution in [0, 0.1) is 6.92 Å². The maximum Gasteiger partial charge on any atom is 0.338 e. The molecule has 1 fully saturated rings. The smallest absolute Gasteiger partial charge is 0.338 e. The lowest BCUT2D eigenvalue weighted by atomic mass is 9.91. The molecule has 1 aromatic heterocycles. The minimum Gasteiger partial charge on any atom is -0.457 e. The number of β-amino-alcohol motifs (C(OH)–C–C–N with tert-alkyl or cyclic N) is 1. The number of fused-ring (bicyclic) bond motifs is 1.